The second-order valence-corrected chi connectivity index (χ2v) is 5.41. The van der Waals surface area contributed by atoms with E-state index in [-0.39, 0.29) is 5.91 Å². The van der Waals surface area contributed by atoms with Crippen LogP contribution >= 0.6 is 0 Å². The molecule has 124 valence electrons. The number of rotatable bonds is 5. The Bertz CT molecular complexity index is 830. The quantitative estimate of drug-likeness (QED) is 0.779. The van der Waals surface area contributed by atoms with Crippen LogP contribution in [0.25, 0.3) is 0 Å². The maximum atomic E-state index is 12.2. The van der Waals surface area contributed by atoms with E-state index in [4.69, 9.17) is 9.26 Å². The van der Waals surface area contributed by atoms with Gasteiger partial charge in [0.15, 0.2) is 0 Å². The van der Waals surface area contributed by atoms with E-state index in [1.165, 1.54) is 0 Å². The third kappa shape index (κ3) is 3.29. The highest BCUT2D eigenvalue weighted by atomic mass is 16.5. The number of ether oxygens (including phenoxy) is 1. The minimum absolute atomic E-state index is 0.199. The molecule has 24 heavy (non-hydrogen) atoms. The molecule has 2 aromatic heterocycles. The van der Waals surface area contributed by atoms with Crippen molar-refractivity contribution in [2.45, 2.75) is 20.4 Å². The summed E-state index contributed by atoms with van der Waals surface area (Å²) in [4.78, 5) is 12.2. The monoisotopic (exact) mass is 326 g/mol. The number of anilines is 1. The van der Waals surface area contributed by atoms with E-state index in [0.29, 0.717) is 23.5 Å². The molecule has 0 atom stereocenters. The van der Waals surface area contributed by atoms with Gasteiger partial charge >= 0.3 is 0 Å². The minimum Gasteiger partial charge on any atom is -0.497 e. The van der Waals surface area contributed by atoms with E-state index in [1.807, 2.05) is 13.8 Å². The number of methoxy groups -OCH3 is 1. The number of aromatic nitrogens is 3. The molecule has 3 rings (SSSR count). The third-order valence-electron chi connectivity index (χ3n) is 3.74. The number of nitrogens with zero attached hydrogens (tertiary/aromatic N) is 3. The maximum absolute atomic E-state index is 12.2. The van der Waals surface area contributed by atoms with Gasteiger partial charge in [-0.05, 0) is 38.1 Å². The summed E-state index contributed by atoms with van der Waals surface area (Å²) in [7, 11) is 1.59. The zero-order valence-corrected chi connectivity index (χ0v) is 13.7. The van der Waals surface area contributed by atoms with Crippen molar-refractivity contribution in [1.82, 2.24) is 14.9 Å². The lowest BCUT2D eigenvalue weighted by molar-refractivity contribution is 0.102. The first-order valence-electron chi connectivity index (χ1n) is 7.46. The lowest BCUT2D eigenvalue weighted by atomic mass is 10.2. The van der Waals surface area contributed by atoms with Gasteiger partial charge in [0.2, 0.25) is 0 Å². The molecule has 0 aliphatic rings. The van der Waals surface area contributed by atoms with E-state index in [9.17, 15) is 4.79 Å². The van der Waals surface area contributed by atoms with Crippen molar-refractivity contribution in [3.63, 3.8) is 0 Å². The first-order valence-corrected chi connectivity index (χ1v) is 7.46. The van der Waals surface area contributed by atoms with Gasteiger partial charge in [-0.1, -0.05) is 5.16 Å². The van der Waals surface area contributed by atoms with Crippen molar-refractivity contribution in [2.24, 2.45) is 0 Å². The van der Waals surface area contributed by atoms with E-state index in [2.05, 4.69) is 15.6 Å². The second kappa shape index (κ2) is 6.57. The predicted octanol–water partition coefficient (Wildman–Crippen LogP) is 2.80. The van der Waals surface area contributed by atoms with Crippen LogP contribution in [0, 0.1) is 13.8 Å². The van der Waals surface area contributed by atoms with E-state index in [0.717, 1.165) is 17.0 Å². The van der Waals surface area contributed by atoms with Crippen LogP contribution in [0.3, 0.4) is 0 Å². The fraction of sp³-hybridized carbons (Fsp3) is 0.235. The fourth-order valence-corrected chi connectivity index (χ4v) is 2.35. The van der Waals surface area contributed by atoms with Gasteiger partial charge in [-0.2, -0.15) is 5.10 Å². The Morgan fingerprint density at radius 1 is 1.29 bits per heavy atom. The summed E-state index contributed by atoms with van der Waals surface area (Å²) in [5.74, 6) is 1.28. The van der Waals surface area contributed by atoms with Gasteiger partial charge in [-0.3, -0.25) is 9.48 Å². The summed E-state index contributed by atoms with van der Waals surface area (Å²) in [5, 5.41) is 11.0. The number of carbonyl (C=O) groups excluding carboxylic acids is 1. The smallest absolute Gasteiger partial charge is 0.255 e. The number of hydrogen-bond acceptors (Lipinski definition) is 5. The van der Waals surface area contributed by atoms with Gasteiger partial charge in [-0.15, -0.1) is 0 Å². The molecule has 1 N–H and O–H groups in total. The standard InChI is InChI=1S/C17H18N4O3/c1-11-16(12(2)24-20-11)10-21-9-14(8-18-21)19-17(22)13-4-6-15(23-3)7-5-13/h4-9H,10H2,1-3H3,(H,19,22). The normalized spacial score (nSPS) is 10.6. The second-order valence-electron chi connectivity index (χ2n) is 5.41. The van der Waals surface area contributed by atoms with Crippen molar-refractivity contribution in [3.8, 4) is 5.75 Å². The molecule has 2 heterocycles. The van der Waals surface area contributed by atoms with E-state index in [1.54, 1.807) is 48.5 Å². The Hall–Kier alpha value is -3.09. The molecular weight excluding hydrogens is 308 g/mol. The van der Waals surface area contributed by atoms with Gasteiger partial charge in [0, 0.05) is 17.3 Å². The van der Waals surface area contributed by atoms with Crippen molar-refractivity contribution < 1.29 is 14.1 Å². The van der Waals surface area contributed by atoms with E-state index >= 15 is 0 Å². The molecule has 0 unspecified atom stereocenters. The molecule has 3 aromatic rings. The molecule has 0 radical (unpaired) electrons. The predicted molar refractivity (Wildman–Crippen MR) is 88.3 cm³/mol. The largest absolute Gasteiger partial charge is 0.497 e. The lowest BCUT2D eigenvalue weighted by Gasteiger charge is -2.04. The highest BCUT2D eigenvalue weighted by molar-refractivity contribution is 6.04. The third-order valence-corrected chi connectivity index (χ3v) is 3.74. The summed E-state index contributed by atoms with van der Waals surface area (Å²) < 4.78 is 12.0. The van der Waals surface area contributed by atoms with Crippen molar-refractivity contribution in [3.05, 3.63) is 59.2 Å². The number of nitrogens with one attached hydrogen (secondary N) is 1. The van der Waals surface area contributed by atoms with Crippen LogP contribution in [0.15, 0.2) is 41.2 Å². The molecule has 0 aliphatic heterocycles. The Labute approximate surface area is 139 Å². The Balaban J connectivity index is 1.68. The summed E-state index contributed by atoms with van der Waals surface area (Å²) in [6.07, 6.45) is 3.38. The number of carbonyl (C=O) groups is 1. The SMILES string of the molecule is COc1ccc(C(=O)Nc2cnn(Cc3c(C)noc3C)c2)cc1. The topological polar surface area (TPSA) is 82.2 Å². The van der Waals surface area contributed by atoms with E-state index < -0.39 is 0 Å². The molecule has 7 heteroatoms. The molecule has 0 saturated heterocycles. The zero-order valence-electron chi connectivity index (χ0n) is 13.7. The van der Waals surface area contributed by atoms with Crippen molar-refractivity contribution >= 4 is 11.6 Å². The van der Waals surface area contributed by atoms with Gasteiger partial charge in [-0.25, -0.2) is 0 Å². The molecule has 1 amide bonds. The summed E-state index contributed by atoms with van der Waals surface area (Å²) in [6.45, 7) is 4.30. The highest BCUT2D eigenvalue weighted by Gasteiger charge is 2.12. The molecule has 0 spiro atoms. The van der Waals surface area contributed by atoms with Crippen molar-refractivity contribution in [2.75, 3.05) is 12.4 Å². The maximum Gasteiger partial charge on any atom is 0.255 e. The lowest BCUT2D eigenvalue weighted by Crippen LogP contribution is -2.11. The molecule has 0 fully saturated rings. The summed E-state index contributed by atoms with van der Waals surface area (Å²) >= 11 is 0. The molecular formula is C17H18N4O3. The average molecular weight is 326 g/mol. The Morgan fingerprint density at radius 3 is 2.67 bits per heavy atom. The fourth-order valence-electron chi connectivity index (χ4n) is 2.35. The minimum atomic E-state index is -0.199. The Morgan fingerprint density at radius 2 is 2.04 bits per heavy atom. The number of amides is 1. The van der Waals surface area contributed by atoms with Crippen LogP contribution < -0.4 is 10.1 Å². The van der Waals surface area contributed by atoms with Gasteiger partial charge in [0.25, 0.3) is 5.91 Å². The highest BCUT2D eigenvalue weighted by Crippen LogP contribution is 2.16. The van der Waals surface area contributed by atoms with Gasteiger partial charge < -0.3 is 14.6 Å². The molecule has 0 bridgehead atoms. The molecule has 0 aliphatic carbocycles. The number of aryl methyl sites for hydroxylation is 2. The first kappa shape index (κ1) is 15.8. The zero-order chi connectivity index (χ0) is 17.1. The van der Waals surface area contributed by atoms with Crippen LogP contribution in [-0.4, -0.2) is 28.0 Å². The number of benzene rings is 1. The van der Waals surface area contributed by atoms with Crippen LogP contribution in [0.1, 0.15) is 27.4 Å². The van der Waals surface area contributed by atoms with Crippen molar-refractivity contribution in [1.29, 1.82) is 0 Å². The molecule has 1 aromatic carbocycles. The Kier molecular flexibility index (Phi) is 4.33. The van der Waals surface area contributed by atoms with Crippen LogP contribution in [0.2, 0.25) is 0 Å². The first-order chi connectivity index (χ1) is 11.6. The average Bonchev–Trinajstić information content (AvgIpc) is 3.16. The van der Waals surface area contributed by atoms with Crippen LogP contribution in [0.4, 0.5) is 5.69 Å². The van der Waals surface area contributed by atoms with Gasteiger partial charge in [0.05, 0.1) is 31.2 Å². The van der Waals surface area contributed by atoms with Crippen LogP contribution in [0.5, 0.6) is 5.75 Å². The summed E-state index contributed by atoms with van der Waals surface area (Å²) in [6, 6.07) is 6.91. The van der Waals surface area contributed by atoms with Crippen LogP contribution in [-0.2, 0) is 6.54 Å². The van der Waals surface area contributed by atoms with Gasteiger partial charge in [0.1, 0.15) is 11.5 Å². The molecule has 7 nitrogen and oxygen atoms in total. The molecule has 0 saturated carbocycles. The summed E-state index contributed by atoms with van der Waals surface area (Å²) in [5.41, 5.74) is 3.01. The number of hydrogen-bond donors (Lipinski definition) is 1.